The molecule has 1 aliphatic carbocycles. The van der Waals surface area contributed by atoms with Crippen LogP contribution in [0, 0.1) is 25.6 Å². The molecule has 1 aliphatic rings. The van der Waals surface area contributed by atoms with Crippen LogP contribution >= 0.6 is 0 Å². The van der Waals surface area contributed by atoms with Gasteiger partial charge in [-0.25, -0.2) is 9.18 Å². The van der Waals surface area contributed by atoms with Crippen LogP contribution in [0.1, 0.15) is 64.4 Å². The molecular formula is C23H27FN2O4. The molecule has 1 N–H and O–H groups in total. The van der Waals surface area contributed by atoms with E-state index in [2.05, 4.69) is 4.98 Å². The third-order valence-corrected chi connectivity index (χ3v) is 5.49. The van der Waals surface area contributed by atoms with Crippen LogP contribution in [0.25, 0.3) is 0 Å². The third-order valence-electron chi connectivity index (χ3n) is 5.49. The number of rotatable bonds is 8. The highest BCUT2D eigenvalue weighted by atomic mass is 19.1. The van der Waals surface area contributed by atoms with Crippen molar-refractivity contribution in [2.24, 2.45) is 5.92 Å². The van der Waals surface area contributed by atoms with Crippen molar-refractivity contribution in [1.82, 2.24) is 9.88 Å². The first-order valence-corrected chi connectivity index (χ1v) is 10.2. The number of ketones is 1. The number of aryl methyl sites for hydroxylation is 1. The predicted octanol–water partition coefficient (Wildman–Crippen LogP) is 3.96. The fourth-order valence-electron chi connectivity index (χ4n) is 3.63. The van der Waals surface area contributed by atoms with Crippen LogP contribution in [0.5, 0.6) is 0 Å². The molecule has 1 amide bonds. The summed E-state index contributed by atoms with van der Waals surface area (Å²) >= 11 is 0. The molecule has 1 aromatic heterocycles. The largest absolute Gasteiger partial charge is 0.461 e. The number of carbonyl (C=O) groups excluding carboxylic acids is 3. The molecule has 0 spiro atoms. The monoisotopic (exact) mass is 414 g/mol. The second-order valence-corrected chi connectivity index (χ2v) is 7.75. The predicted molar refractivity (Wildman–Crippen MR) is 110 cm³/mol. The number of benzene rings is 1. The van der Waals surface area contributed by atoms with Gasteiger partial charge in [0.1, 0.15) is 11.5 Å². The number of halogens is 1. The fraction of sp³-hybridized carbons (Fsp3) is 0.435. The van der Waals surface area contributed by atoms with E-state index in [1.807, 2.05) is 0 Å². The van der Waals surface area contributed by atoms with Crippen molar-refractivity contribution in [3.63, 3.8) is 0 Å². The molecule has 3 rings (SSSR count). The number of ether oxygens (including phenoxy) is 1. The Labute approximate surface area is 175 Å². The lowest BCUT2D eigenvalue weighted by Gasteiger charge is -2.29. The lowest BCUT2D eigenvalue weighted by molar-refractivity contribution is -0.134. The maximum absolute atomic E-state index is 13.4. The zero-order chi connectivity index (χ0) is 22.0. The number of aromatic nitrogens is 1. The van der Waals surface area contributed by atoms with E-state index in [0.717, 1.165) is 18.4 Å². The van der Waals surface area contributed by atoms with Gasteiger partial charge in [-0.05, 0) is 63.8 Å². The second-order valence-electron chi connectivity index (χ2n) is 7.75. The van der Waals surface area contributed by atoms with Gasteiger partial charge in [-0.15, -0.1) is 0 Å². The molecule has 1 saturated carbocycles. The number of amides is 1. The van der Waals surface area contributed by atoms with Gasteiger partial charge in [0.05, 0.1) is 12.6 Å². The third kappa shape index (κ3) is 4.45. The zero-order valence-corrected chi connectivity index (χ0v) is 17.8. The molecule has 0 unspecified atom stereocenters. The highest BCUT2D eigenvalue weighted by molar-refractivity contribution is 6.06. The van der Waals surface area contributed by atoms with Gasteiger partial charge < -0.3 is 14.6 Å². The number of hydrogen-bond acceptors (Lipinski definition) is 4. The van der Waals surface area contributed by atoms with Crippen molar-refractivity contribution in [3.05, 3.63) is 58.2 Å². The van der Waals surface area contributed by atoms with Crippen LogP contribution in [-0.2, 0) is 16.1 Å². The summed E-state index contributed by atoms with van der Waals surface area (Å²) in [6.07, 6.45) is 1.63. The van der Waals surface area contributed by atoms with Crippen LogP contribution in [0.3, 0.4) is 0 Å². The standard InChI is InChI=1S/C23H27FN2O4/c1-5-30-23(29)20-13(2)19(14(3)25-20)21(27)15(4)26(22(28)17-8-9-17)12-16-6-10-18(24)11-7-16/h6-7,10-11,15,17,25H,5,8-9,12H2,1-4H3/t15-/m1/s1. The van der Waals surface area contributed by atoms with E-state index in [4.69, 9.17) is 4.74 Å². The summed E-state index contributed by atoms with van der Waals surface area (Å²) in [5.41, 5.74) is 2.48. The van der Waals surface area contributed by atoms with E-state index in [1.54, 1.807) is 44.7 Å². The number of nitrogens with zero attached hydrogens (tertiary/aromatic N) is 1. The van der Waals surface area contributed by atoms with Gasteiger partial charge in [-0.2, -0.15) is 0 Å². The van der Waals surface area contributed by atoms with Gasteiger partial charge in [0.15, 0.2) is 5.78 Å². The molecule has 0 saturated heterocycles. The average Bonchev–Trinajstić information content (AvgIpc) is 3.51. The molecule has 1 heterocycles. The molecule has 30 heavy (non-hydrogen) atoms. The Hall–Kier alpha value is -2.96. The van der Waals surface area contributed by atoms with E-state index in [0.29, 0.717) is 16.8 Å². The summed E-state index contributed by atoms with van der Waals surface area (Å²) < 4.78 is 18.3. The summed E-state index contributed by atoms with van der Waals surface area (Å²) in [7, 11) is 0. The van der Waals surface area contributed by atoms with Gasteiger partial charge in [0, 0.05) is 23.7 Å². The molecule has 0 bridgehead atoms. The number of aromatic amines is 1. The second kappa shape index (κ2) is 8.81. The molecule has 6 nitrogen and oxygen atoms in total. The Balaban J connectivity index is 1.89. The highest BCUT2D eigenvalue weighted by Crippen LogP contribution is 2.33. The number of nitrogens with one attached hydrogen (secondary N) is 1. The first-order chi connectivity index (χ1) is 14.2. The van der Waals surface area contributed by atoms with E-state index < -0.39 is 12.0 Å². The number of hydrogen-bond donors (Lipinski definition) is 1. The van der Waals surface area contributed by atoms with Crippen molar-refractivity contribution in [1.29, 1.82) is 0 Å². The lowest BCUT2D eigenvalue weighted by atomic mass is 9.99. The van der Waals surface area contributed by atoms with E-state index in [-0.39, 0.29) is 42.3 Å². The van der Waals surface area contributed by atoms with Crippen molar-refractivity contribution < 1.29 is 23.5 Å². The molecule has 0 aliphatic heterocycles. The average molecular weight is 414 g/mol. The van der Waals surface area contributed by atoms with Crippen LogP contribution in [0.4, 0.5) is 4.39 Å². The first kappa shape index (κ1) is 21.7. The number of esters is 1. The molecule has 1 fully saturated rings. The fourth-order valence-corrected chi connectivity index (χ4v) is 3.63. The molecule has 1 atom stereocenters. The summed E-state index contributed by atoms with van der Waals surface area (Å²) in [6, 6.07) is 5.18. The van der Waals surface area contributed by atoms with Crippen molar-refractivity contribution in [2.75, 3.05) is 6.61 Å². The van der Waals surface area contributed by atoms with Crippen molar-refractivity contribution >= 4 is 17.7 Å². The minimum atomic E-state index is -0.730. The van der Waals surface area contributed by atoms with E-state index >= 15 is 0 Å². The highest BCUT2D eigenvalue weighted by Gasteiger charge is 2.38. The molecule has 7 heteroatoms. The van der Waals surface area contributed by atoms with Gasteiger partial charge in [-0.1, -0.05) is 12.1 Å². The summed E-state index contributed by atoms with van der Waals surface area (Å²) in [6.45, 7) is 7.29. The van der Waals surface area contributed by atoms with E-state index in [9.17, 15) is 18.8 Å². The van der Waals surface area contributed by atoms with Crippen LogP contribution in [0.15, 0.2) is 24.3 Å². The Morgan fingerprint density at radius 3 is 2.40 bits per heavy atom. The molecule has 0 radical (unpaired) electrons. The lowest BCUT2D eigenvalue weighted by Crippen LogP contribution is -2.43. The van der Waals surface area contributed by atoms with Crippen LogP contribution in [-0.4, -0.2) is 40.2 Å². The smallest absolute Gasteiger partial charge is 0.355 e. The van der Waals surface area contributed by atoms with Crippen molar-refractivity contribution in [3.8, 4) is 0 Å². The maximum Gasteiger partial charge on any atom is 0.355 e. The minimum Gasteiger partial charge on any atom is -0.461 e. The number of Topliss-reactive ketones (excluding diaryl/α,β-unsaturated/α-hetero) is 1. The van der Waals surface area contributed by atoms with Gasteiger partial charge in [-0.3, -0.25) is 9.59 Å². The van der Waals surface area contributed by atoms with Crippen LogP contribution in [0.2, 0.25) is 0 Å². The SMILES string of the molecule is CCOC(=O)c1[nH]c(C)c(C(=O)[C@@H](C)N(Cc2ccc(F)cc2)C(=O)C2CC2)c1C. The Bertz CT molecular complexity index is 960. The molecule has 1 aromatic carbocycles. The van der Waals surface area contributed by atoms with E-state index in [1.165, 1.54) is 12.1 Å². The number of carbonyl (C=O) groups is 3. The zero-order valence-electron chi connectivity index (χ0n) is 17.8. The summed E-state index contributed by atoms with van der Waals surface area (Å²) in [5.74, 6) is -1.25. The normalized spacial score (nSPS) is 14.3. The Morgan fingerprint density at radius 1 is 1.20 bits per heavy atom. The number of H-pyrrole nitrogens is 1. The Morgan fingerprint density at radius 2 is 1.83 bits per heavy atom. The molecule has 2 aromatic rings. The Kier molecular flexibility index (Phi) is 6.39. The summed E-state index contributed by atoms with van der Waals surface area (Å²) in [5, 5.41) is 0. The topological polar surface area (TPSA) is 79.5 Å². The maximum atomic E-state index is 13.4. The van der Waals surface area contributed by atoms with Crippen molar-refractivity contribution in [2.45, 2.75) is 53.1 Å². The minimum absolute atomic E-state index is 0.0655. The van der Waals surface area contributed by atoms with Gasteiger partial charge >= 0.3 is 5.97 Å². The molecular weight excluding hydrogens is 387 g/mol. The first-order valence-electron chi connectivity index (χ1n) is 10.2. The van der Waals surface area contributed by atoms with Gasteiger partial charge in [0.25, 0.3) is 0 Å². The molecule has 160 valence electrons. The summed E-state index contributed by atoms with van der Waals surface area (Å²) in [4.78, 5) is 43.0. The van der Waals surface area contributed by atoms with Gasteiger partial charge in [0.2, 0.25) is 5.91 Å². The van der Waals surface area contributed by atoms with Crippen LogP contribution < -0.4 is 0 Å². The quantitative estimate of drug-likeness (QED) is 0.524.